The maximum Gasteiger partial charge on any atom is 0.191 e. The topological polar surface area (TPSA) is 27.7 Å². The molecule has 0 radical (unpaired) electrons. The second kappa shape index (κ2) is 7.21. The molecule has 3 nitrogen and oxygen atoms in total. The number of halogens is 1. The fraction of sp³-hybridized carbons (Fsp3) is 0.714. The Morgan fingerprint density at radius 3 is 2.28 bits per heavy atom. The molecule has 1 aromatic carbocycles. The van der Waals surface area contributed by atoms with Gasteiger partial charge in [0.1, 0.15) is 5.75 Å². The molecule has 0 aliphatic heterocycles. The van der Waals surface area contributed by atoms with E-state index in [-0.39, 0.29) is 13.1 Å². The normalized spacial score (nSPS) is 34.3. The molecule has 0 N–H and O–H groups in total. The summed E-state index contributed by atoms with van der Waals surface area (Å²) in [5.41, 5.74) is 1.94. The van der Waals surface area contributed by atoms with Crippen molar-refractivity contribution < 1.29 is 14.2 Å². The lowest BCUT2D eigenvalue weighted by atomic mass is 9.48. The van der Waals surface area contributed by atoms with Gasteiger partial charge in [0.25, 0.3) is 0 Å². The van der Waals surface area contributed by atoms with Crippen LogP contribution in [0.5, 0.6) is 5.75 Å². The summed E-state index contributed by atoms with van der Waals surface area (Å²) in [4.78, 5) is 0. The highest BCUT2D eigenvalue weighted by Gasteiger charge is 2.51. The first-order chi connectivity index (χ1) is 12.1. The Labute approximate surface area is 159 Å². The summed E-state index contributed by atoms with van der Waals surface area (Å²) in [6.07, 6.45) is 8.38. The molecule has 138 valence electrons. The number of hydrogen-bond donors (Lipinski definition) is 0. The fourth-order valence-electron chi connectivity index (χ4n) is 5.89. The third kappa shape index (κ3) is 3.63. The van der Waals surface area contributed by atoms with Crippen LogP contribution in [-0.2, 0) is 14.9 Å². The van der Waals surface area contributed by atoms with Crippen molar-refractivity contribution in [2.24, 2.45) is 17.8 Å². The summed E-state index contributed by atoms with van der Waals surface area (Å²) in [5.74, 6) is 3.75. The molecule has 4 heteroatoms. The van der Waals surface area contributed by atoms with E-state index >= 15 is 0 Å². The van der Waals surface area contributed by atoms with Gasteiger partial charge < -0.3 is 14.2 Å². The summed E-state index contributed by atoms with van der Waals surface area (Å²) >= 11 is 3.71. The average Bonchev–Trinajstić information content (AvgIpc) is 2.55. The molecule has 4 fully saturated rings. The van der Waals surface area contributed by atoms with Gasteiger partial charge in [0.2, 0.25) is 0 Å². The molecule has 25 heavy (non-hydrogen) atoms. The van der Waals surface area contributed by atoms with Crippen molar-refractivity contribution in [2.45, 2.75) is 64.1 Å². The van der Waals surface area contributed by atoms with E-state index in [9.17, 15) is 0 Å². The Bertz CT molecular complexity index is 580. The summed E-state index contributed by atoms with van der Waals surface area (Å²) in [6.45, 7) is 4.69. The van der Waals surface area contributed by atoms with Gasteiger partial charge in [-0.15, -0.1) is 0 Å². The minimum absolute atomic E-state index is 0.205. The Morgan fingerprint density at radius 2 is 1.72 bits per heavy atom. The van der Waals surface area contributed by atoms with Crippen LogP contribution in [-0.4, -0.2) is 19.7 Å². The van der Waals surface area contributed by atoms with Gasteiger partial charge in [0.15, 0.2) is 13.1 Å². The molecule has 0 aromatic heterocycles. The van der Waals surface area contributed by atoms with Gasteiger partial charge in [-0.05, 0) is 109 Å². The first kappa shape index (κ1) is 17.8. The van der Waals surface area contributed by atoms with E-state index in [1.807, 2.05) is 13.8 Å². The SMILES string of the molecule is CCOC(C)OCOc1ccc(C23CC4CC(CC(C4)C2)C3)cc1Br. The first-order valence-corrected chi connectivity index (χ1v) is 10.5. The largest absolute Gasteiger partial charge is 0.466 e. The lowest BCUT2D eigenvalue weighted by molar-refractivity contribution is -0.161. The van der Waals surface area contributed by atoms with Gasteiger partial charge in [-0.2, -0.15) is 0 Å². The van der Waals surface area contributed by atoms with Gasteiger partial charge in [-0.3, -0.25) is 0 Å². The smallest absolute Gasteiger partial charge is 0.191 e. The molecule has 4 aliphatic carbocycles. The zero-order chi connectivity index (χ0) is 17.4. The van der Waals surface area contributed by atoms with Gasteiger partial charge >= 0.3 is 0 Å². The summed E-state index contributed by atoms with van der Waals surface area (Å²) in [6, 6.07) is 6.69. The zero-order valence-electron chi connectivity index (χ0n) is 15.3. The van der Waals surface area contributed by atoms with Crippen molar-refractivity contribution in [1.29, 1.82) is 0 Å². The quantitative estimate of drug-likeness (QED) is 0.545. The lowest BCUT2D eigenvalue weighted by Gasteiger charge is -2.57. The monoisotopic (exact) mass is 408 g/mol. The third-order valence-electron chi connectivity index (χ3n) is 6.50. The van der Waals surface area contributed by atoms with Crippen LogP contribution >= 0.6 is 15.9 Å². The van der Waals surface area contributed by atoms with E-state index in [1.165, 1.54) is 44.1 Å². The van der Waals surface area contributed by atoms with E-state index in [1.54, 1.807) is 0 Å². The van der Waals surface area contributed by atoms with E-state index in [0.29, 0.717) is 12.0 Å². The van der Waals surface area contributed by atoms with Crippen LogP contribution in [0.4, 0.5) is 0 Å². The van der Waals surface area contributed by atoms with Crippen molar-refractivity contribution >= 4 is 15.9 Å². The number of ether oxygens (including phenoxy) is 3. The molecular formula is C21H29BrO3. The van der Waals surface area contributed by atoms with Crippen molar-refractivity contribution in [3.63, 3.8) is 0 Å². The van der Waals surface area contributed by atoms with Gasteiger partial charge in [0, 0.05) is 6.61 Å². The molecule has 0 saturated heterocycles. The van der Waals surface area contributed by atoms with Crippen molar-refractivity contribution in [2.75, 3.05) is 13.4 Å². The highest BCUT2D eigenvalue weighted by molar-refractivity contribution is 9.10. The van der Waals surface area contributed by atoms with E-state index < -0.39 is 0 Å². The second-order valence-corrected chi connectivity index (χ2v) is 9.15. The summed E-state index contributed by atoms with van der Waals surface area (Å²) < 4.78 is 17.7. The highest BCUT2D eigenvalue weighted by atomic mass is 79.9. The van der Waals surface area contributed by atoms with Crippen LogP contribution in [0.3, 0.4) is 0 Å². The predicted octanol–water partition coefficient (Wildman–Crippen LogP) is 5.65. The number of benzene rings is 1. The van der Waals surface area contributed by atoms with Crippen LogP contribution in [0.25, 0.3) is 0 Å². The molecule has 0 heterocycles. The van der Waals surface area contributed by atoms with Crippen molar-refractivity contribution in [1.82, 2.24) is 0 Å². The molecule has 1 unspecified atom stereocenters. The predicted molar refractivity (Wildman–Crippen MR) is 102 cm³/mol. The Morgan fingerprint density at radius 1 is 1.08 bits per heavy atom. The molecule has 4 aliphatic rings. The van der Waals surface area contributed by atoms with Gasteiger partial charge in [-0.1, -0.05) is 6.07 Å². The Kier molecular flexibility index (Phi) is 5.13. The minimum Gasteiger partial charge on any atom is -0.466 e. The molecule has 4 bridgehead atoms. The Balaban J connectivity index is 1.43. The number of rotatable bonds is 7. The van der Waals surface area contributed by atoms with Gasteiger partial charge in [-0.25, -0.2) is 0 Å². The lowest BCUT2D eigenvalue weighted by Crippen LogP contribution is -2.48. The maximum atomic E-state index is 5.78. The standard InChI is InChI=1S/C21H29BrO3/c1-3-23-14(2)24-13-25-20-5-4-18(9-19(20)22)21-10-15-6-16(11-21)8-17(7-15)12-21/h4-5,9,14-17H,3,6-8,10-13H2,1-2H3. The molecular weight excluding hydrogens is 380 g/mol. The van der Waals surface area contributed by atoms with Crippen LogP contribution < -0.4 is 4.74 Å². The van der Waals surface area contributed by atoms with Gasteiger partial charge in [0.05, 0.1) is 4.47 Å². The number of hydrogen-bond acceptors (Lipinski definition) is 3. The zero-order valence-corrected chi connectivity index (χ0v) is 16.9. The molecule has 4 saturated carbocycles. The van der Waals surface area contributed by atoms with Crippen LogP contribution in [0.1, 0.15) is 57.9 Å². The van der Waals surface area contributed by atoms with Crippen molar-refractivity contribution in [3.05, 3.63) is 28.2 Å². The molecule has 5 rings (SSSR count). The van der Waals surface area contributed by atoms with E-state index in [0.717, 1.165) is 28.0 Å². The van der Waals surface area contributed by atoms with Crippen LogP contribution in [0.15, 0.2) is 22.7 Å². The maximum absolute atomic E-state index is 5.78. The Hall–Kier alpha value is -0.580. The molecule has 0 spiro atoms. The van der Waals surface area contributed by atoms with Crippen molar-refractivity contribution in [3.8, 4) is 5.75 Å². The summed E-state index contributed by atoms with van der Waals surface area (Å²) in [7, 11) is 0. The first-order valence-electron chi connectivity index (χ1n) is 9.74. The fourth-order valence-corrected chi connectivity index (χ4v) is 6.38. The second-order valence-electron chi connectivity index (χ2n) is 8.29. The molecule has 1 atom stereocenters. The van der Waals surface area contributed by atoms with Crippen LogP contribution in [0.2, 0.25) is 0 Å². The average molecular weight is 409 g/mol. The molecule has 0 amide bonds. The molecule has 1 aromatic rings. The minimum atomic E-state index is -0.241. The third-order valence-corrected chi connectivity index (χ3v) is 7.12. The van der Waals surface area contributed by atoms with E-state index in [2.05, 4.69) is 34.1 Å². The summed E-state index contributed by atoms with van der Waals surface area (Å²) in [5, 5.41) is 0. The van der Waals surface area contributed by atoms with E-state index in [4.69, 9.17) is 14.2 Å². The highest BCUT2D eigenvalue weighted by Crippen LogP contribution is 2.61. The van der Waals surface area contributed by atoms with Crippen LogP contribution in [0, 0.1) is 17.8 Å².